The quantitative estimate of drug-likeness (QED) is 0.747. The van der Waals surface area contributed by atoms with Crippen LogP contribution < -0.4 is 4.90 Å². The second-order valence-corrected chi connectivity index (χ2v) is 7.63. The maximum absolute atomic E-state index is 12.6. The molecule has 2 unspecified atom stereocenters. The van der Waals surface area contributed by atoms with Crippen LogP contribution >= 0.6 is 0 Å². The van der Waals surface area contributed by atoms with Crippen LogP contribution in [0.2, 0.25) is 0 Å². The van der Waals surface area contributed by atoms with Crippen LogP contribution in [-0.2, 0) is 14.4 Å². The molecule has 27 heavy (non-hydrogen) atoms. The number of nitrogens with zero attached hydrogens (tertiary/aromatic N) is 4. The van der Waals surface area contributed by atoms with Crippen LogP contribution in [-0.4, -0.2) is 65.2 Å². The highest BCUT2D eigenvalue weighted by molar-refractivity contribution is 6.05. The third-order valence-electron chi connectivity index (χ3n) is 6.09. The zero-order chi connectivity index (χ0) is 18.8. The molecule has 7 nitrogen and oxygen atoms in total. The standard InChI is InChI=1S/C20H26N4O3/c25-18(23-13-11-22(12-14-23)17-7-3-4-9-21-17)8-10-24-19(26)15-5-1-2-6-16(15)20(24)27/h3-4,7,9,15-16H,1-2,5-6,8,10-14H2. The van der Waals surface area contributed by atoms with E-state index >= 15 is 0 Å². The minimum Gasteiger partial charge on any atom is -0.353 e. The molecule has 1 aromatic rings. The van der Waals surface area contributed by atoms with Crippen LogP contribution in [0.3, 0.4) is 0 Å². The molecule has 3 fully saturated rings. The van der Waals surface area contributed by atoms with Crippen molar-refractivity contribution in [2.45, 2.75) is 32.1 Å². The van der Waals surface area contributed by atoms with Gasteiger partial charge in [-0.3, -0.25) is 19.3 Å². The number of anilines is 1. The normalized spacial score (nSPS) is 25.7. The summed E-state index contributed by atoms with van der Waals surface area (Å²) in [5.41, 5.74) is 0. The molecule has 0 aromatic carbocycles. The summed E-state index contributed by atoms with van der Waals surface area (Å²) in [7, 11) is 0. The van der Waals surface area contributed by atoms with Crippen LogP contribution in [0.25, 0.3) is 0 Å². The highest BCUT2D eigenvalue weighted by atomic mass is 16.2. The average Bonchev–Trinajstić information content (AvgIpc) is 2.97. The Morgan fingerprint density at radius 2 is 1.67 bits per heavy atom. The maximum Gasteiger partial charge on any atom is 0.233 e. The van der Waals surface area contributed by atoms with Gasteiger partial charge in [-0.25, -0.2) is 4.98 Å². The molecule has 0 spiro atoms. The van der Waals surface area contributed by atoms with E-state index in [1.165, 1.54) is 4.90 Å². The van der Waals surface area contributed by atoms with Crippen molar-refractivity contribution < 1.29 is 14.4 Å². The van der Waals surface area contributed by atoms with Crippen molar-refractivity contribution >= 4 is 23.5 Å². The van der Waals surface area contributed by atoms with Crippen molar-refractivity contribution in [3.8, 4) is 0 Å². The number of hydrogen-bond donors (Lipinski definition) is 0. The van der Waals surface area contributed by atoms with Gasteiger partial charge in [0.1, 0.15) is 5.82 Å². The summed E-state index contributed by atoms with van der Waals surface area (Å²) in [5, 5.41) is 0. The Balaban J connectivity index is 1.28. The Labute approximate surface area is 159 Å². The molecular formula is C20H26N4O3. The Hall–Kier alpha value is -2.44. The van der Waals surface area contributed by atoms with Gasteiger partial charge in [0.05, 0.1) is 11.8 Å². The van der Waals surface area contributed by atoms with E-state index in [0.717, 1.165) is 44.6 Å². The Kier molecular flexibility index (Phi) is 5.09. The number of hydrogen-bond acceptors (Lipinski definition) is 5. The topological polar surface area (TPSA) is 73.8 Å². The summed E-state index contributed by atoms with van der Waals surface area (Å²) in [6, 6.07) is 5.82. The van der Waals surface area contributed by atoms with E-state index in [4.69, 9.17) is 0 Å². The van der Waals surface area contributed by atoms with Gasteiger partial charge in [-0.05, 0) is 25.0 Å². The first-order chi connectivity index (χ1) is 13.1. The van der Waals surface area contributed by atoms with Crippen LogP contribution in [0.4, 0.5) is 5.82 Å². The molecule has 4 rings (SSSR count). The lowest BCUT2D eigenvalue weighted by atomic mass is 9.81. The Morgan fingerprint density at radius 3 is 2.26 bits per heavy atom. The molecule has 144 valence electrons. The predicted molar refractivity (Wildman–Crippen MR) is 99.8 cm³/mol. The van der Waals surface area contributed by atoms with Gasteiger partial charge in [0.2, 0.25) is 17.7 Å². The molecule has 1 aromatic heterocycles. The van der Waals surface area contributed by atoms with E-state index in [1.54, 1.807) is 6.20 Å². The first kappa shape index (κ1) is 17.9. The molecule has 2 saturated heterocycles. The summed E-state index contributed by atoms with van der Waals surface area (Å²) in [6.07, 6.45) is 5.67. The number of carbonyl (C=O) groups excluding carboxylic acids is 3. The molecule has 3 amide bonds. The van der Waals surface area contributed by atoms with E-state index in [2.05, 4.69) is 9.88 Å². The lowest BCUT2D eigenvalue weighted by Crippen LogP contribution is -2.49. The van der Waals surface area contributed by atoms with Gasteiger partial charge >= 0.3 is 0 Å². The molecule has 2 aliphatic heterocycles. The number of fused-ring (bicyclic) bond motifs is 1. The number of rotatable bonds is 4. The van der Waals surface area contributed by atoms with Crippen LogP contribution in [0.1, 0.15) is 32.1 Å². The molecular weight excluding hydrogens is 344 g/mol. The Bertz CT molecular complexity index is 691. The SMILES string of the molecule is O=C(CCN1C(=O)C2CCCCC2C1=O)N1CCN(c2ccccn2)CC1. The van der Waals surface area contributed by atoms with Crippen molar-refractivity contribution in [3.63, 3.8) is 0 Å². The molecule has 3 aliphatic rings. The van der Waals surface area contributed by atoms with Gasteiger partial charge in [0, 0.05) is 45.3 Å². The van der Waals surface area contributed by atoms with E-state index in [1.807, 2.05) is 23.1 Å². The van der Waals surface area contributed by atoms with Crippen LogP contribution in [0, 0.1) is 11.8 Å². The Morgan fingerprint density at radius 1 is 1.00 bits per heavy atom. The fourth-order valence-electron chi connectivity index (χ4n) is 4.54. The zero-order valence-corrected chi connectivity index (χ0v) is 15.5. The maximum atomic E-state index is 12.6. The molecule has 0 N–H and O–H groups in total. The smallest absolute Gasteiger partial charge is 0.233 e. The summed E-state index contributed by atoms with van der Waals surface area (Å²) < 4.78 is 0. The van der Waals surface area contributed by atoms with Crippen LogP contribution in [0.15, 0.2) is 24.4 Å². The number of likely N-dealkylation sites (tertiary alicyclic amines) is 1. The number of imide groups is 1. The molecule has 0 bridgehead atoms. The van der Waals surface area contributed by atoms with Crippen molar-refractivity contribution in [3.05, 3.63) is 24.4 Å². The fraction of sp³-hybridized carbons (Fsp3) is 0.600. The summed E-state index contributed by atoms with van der Waals surface area (Å²) in [4.78, 5) is 47.3. The lowest BCUT2D eigenvalue weighted by Gasteiger charge is -2.35. The number of pyridine rings is 1. The van der Waals surface area contributed by atoms with E-state index < -0.39 is 0 Å². The molecule has 7 heteroatoms. The zero-order valence-electron chi connectivity index (χ0n) is 15.5. The van der Waals surface area contributed by atoms with Gasteiger partial charge in [0.15, 0.2) is 0 Å². The highest BCUT2D eigenvalue weighted by Crippen LogP contribution is 2.38. The third kappa shape index (κ3) is 3.55. The van der Waals surface area contributed by atoms with E-state index in [9.17, 15) is 14.4 Å². The minimum absolute atomic E-state index is 0.0196. The van der Waals surface area contributed by atoms with Crippen molar-refractivity contribution in [1.29, 1.82) is 0 Å². The molecule has 2 atom stereocenters. The summed E-state index contributed by atoms with van der Waals surface area (Å²) in [5.74, 6) is 0.563. The van der Waals surface area contributed by atoms with Crippen molar-refractivity contribution in [2.75, 3.05) is 37.6 Å². The highest BCUT2D eigenvalue weighted by Gasteiger charge is 2.47. The van der Waals surface area contributed by atoms with Crippen molar-refractivity contribution in [2.24, 2.45) is 11.8 Å². The van der Waals surface area contributed by atoms with Gasteiger partial charge < -0.3 is 9.80 Å². The molecule has 0 radical (unpaired) electrons. The predicted octanol–water partition coefficient (Wildman–Crippen LogP) is 1.30. The van der Waals surface area contributed by atoms with Crippen LogP contribution in [0.5, 0.6) is 0 Å². The minimum atomic E-state index is -0.136. The molecule has 1 saturated carbocycles. The molecule has 3 heterocycles. The largest absolute Gasteiger partial charge is 0.353 e. The summed E-state index contributed by atoms with van der Waals surface area (Å²) >= 11 is 0. The first-order valence-electron chi connectivity index (χ1n) is 9.94. The number of aromatic nitrogens is 1. The first-order valence-corrected chi connectivity index (χ1v) is 9.94. The average molecular weight is 370 g/mol. The van der Waals surface area contributed by atoms with E-state index in [0.29, 0.717) is 13.1 Å². The third-order valence-corrected chi connectivity index (χ3v) is 6.09. The van der Waals surface area contributed by atoms with Gasteiger partial charge in [-0.2, -0.15) is 0 Å². The summed E-state index contributed by atoms with van der Waals surface area (Å²) in [6.45, 7) is 3.00. The van der Waals surface area contributed by atoms with Gasteiger partial charge in [0.25, 0.3) is 0 Å². The second-order valence-electron chi connectivity index (χ2n) is 7.63. The lowest BCUT2D eigenvalue weighted by molar-refractivity contribution is -0.140. The van der Waals surface area contributed by atoms with Gasteiger partial charge in [-0.1, -0.05) is 18.9 Å². The number of piperazine rings is 1. The van der Waals surface area contributed by atoms with E-state index in [-0.39, 0.29) is 42.5 Å². The second kappa shape index (κ2) is 7.66. The van der Waals surface area contributed by atoms with Gasteiger partial charge in [-0.15, -0.1) is 0 Å². The number of amides is 3. The number of carbonyl (C=O) groups is 3. The molecule has 1 aliphatic carbocycles. The monoisotopic (exact) mass is 370 g/mol. The van der Waals surface area contributed by atoms with Crippen molar-refractivity contribution in [1.82, 2.24) is 14.8 Å². The fourth-order valence-corrected chi connectivity index (χ4v) is 4.54.